The van der Waals surface area contributed by atoms with Gasteiger partial charge in [0.1, 0.15) is 5.82 Å². The number of primary amides is 1. The summed E-state index contributed by atoms with van der Waals surface area (Å²) in [6, 6.07) is 16.7. The van der Waals surface area contributed by atoms with Gasteiger partial charge in [-0.25, -0.2) is 4.39 Å². The fourth-order valence-electron chi connectivity index (χ4n) is 3.73. The first-order chi connectivity index (χ1) is 14.1. The lowest BCUT2D eigenvalue weighted by atomic mass is 9.99. The van der Waals surface area contributed by atoms with Gasteiger partial charge in [-0.2, -0.15) is 0 Å². The SMILES string of the molecule is CCNC(=NCC(Cc1ccc(F)cc1)C(N)=O)N1CCC(c2ccccc2)C1. The Morgan fingerprint density at radius 3 is 2.62 bits per heavy atom. The Balaban J connectivity index is 1.67. The number of rotatable bonds is 7. The third kappa shape index (κ3) is 5.79. The van der Waals surface area contributed by atoms with E-state index in [0.29, 0.717) is 18.9 Å². The summed E-state index contributed by atoms with van der Waals surface area (Å²) in [5, 5.41) is 3.34. The van der Waals surface area contributed by atoms with Gasteiger partial charge in [-0.05, 0) is 43.0 Å². The number of nitrogens with zero attached hydrogens (tertiary/aromatic N) is 2. The molecule has 1 heterocycles. The summed E-state index contributed by atoms with van der Waals surface area (Å²) < 4.78 is 13.1. The molecule has 2 aromatic carbocycles. The summed E-state index contributed by atoms with van der Waals surface area (Å²) in [7, 11) is 0. The minimum Gasteiger partial charge on any atom is -0.369 e. The number of hydrogen-bond donors (Lipinski definition) is 2. The summed E-state index contributed by atoms with van der Waals surface area (Å²) in [6.45, 7) is 4.91. The van der Waals surface area contributed by atoms with E-state index in [1.165, 1.54) is 17.7 Å². The van der Waals surface area contributed by atoms with Gasteiger partial charge < -0.3 is 16.0 Å². The highest BCUT2D eigenvalue weighted by molar-refractivity contribution is 5.81. The minimum atomic E-state index is -0.429. The first-order valence-corrected chi connectivity index (χ1v) is 10.2. The molecule has 0 bridgehead atoms. The van der Waals surface area contributed by atoms with Crippen LogP contribution in [0.25, 0.3) is 0 Å². The van der Waals surface area contributed by atoms with Crippen LogP contribution in [0.3, 0.4) is 0 Å². The van der Waals surface area contributed by atoms with Crippen LogP contribution in [-0.2, 0) is 11.2 Å². The van der Waals surface area contributed by atoms with Crippen molar-refractivity contribution < 1.29 is 9.18 Å². The number of likely N-dealkylation sites (tertiary alicyclic amines) is 1. The van der Waals surface area contributed by atoms with Crippen LogP contribution in [0.1, 0.15) is 30.4 Å². The van der Waals surface area contributed by atoms with Gasteiger partial charge >= 0.3 is 0 Å². The highest BCUT2D eigenvalue weighted by Crippen LogP contribution is 2.27. The molecule has 1 aliphatic rings. The smallest absolute Gasteiger partial charge is 0.222 e. The van der Waals surface area contributed by atoms with Crippen molar-refractivity contribution in [1.29, 1.82) is 0 Å². The maximum atomic E-state index is 13.1. The Labute approximate surface area is 171 Å². The summed E-state index contributed by atoms with van der Waals surface area (Å²) in [6.07, 6.45) is 1.52. The van der Waals surface area contributed by atoms with E-state index in [2.05, 4.69) is 34.5 Å². The molecule has 2 atom stereocenters. The molecule has 0 saturated carbocycles. The van der Waals surface area contributed by atoms with Gasteiger partial charge in [0.2, 0.25) is 5.91 Å². The van der Waals surface area contributed by atoms with Crippen molar-refractivity contribution in [3.05, 3.63) is 71.5 Å². The molecule has 3 N–H and O–H groups in total. The quantitative estimate of drug-likeness (QED) is 0.558. The Bertz CT molecular complexity index is 823. The van der Waals surface area contributed by atoms with Crippen molar-refractivity contribution in [2.75, 3.05) is 26.2 Å². The van der Waals surface area contributed by atoms with Gasteiger partial charge in [0.15, 0.2) is 5.96 Å². The first kappa shape index (κ1) is 20.8. The molecule has 2 unspecified atom stereocenters. The molecule has 3 rings (SSSR count). The normalized spacial score (nSPS) is 17.9. The van der Waals surface area contributed by atoms with Crippen LogP contribution in [0.5, 0.6) is 0 Å². The molecule has 0 aromatic heterocycles. The number of carbonyl (C=O) groups excluding carboxylic acids is 1. The van der Waals surface area contributed by atoms with Crippen molar-refractivity contribution in [2.24, 2.45) is 16.6 Å². The van der Waals surface area contributed by atoms with Gasteiger partial charge in [-0.15, -0.1) is 0 Å². The fraction of sp³-hybridized carbons (Fsp3) is 0.391. The Kier molecular flexibility index (Phi) is 7.22. The Hall–Kier alpha value is -2.89. The van der Waals surface area contributed by atoms with Gasteiger partial charge in [0.05, 0.1) is 12.5 Å². The zero-order valence-electron chi connectivity index (χ0n) is 16.9. The second-order valence-corrected chi connectivity index (χ2v) is 7.47. The van der Waals surface area contributed by atoms with E-state index in [4.69, 9.17) is 10.7 Å². The van der Waals surface area contributed by atoms with Crippen molar-refractivity contribution in [3.63, 3.8) is 0 Å². The monoisotopic (exact) mass is 396 g/mol. The van der Waals surface area contributed by atoms with Gasteiger partial charge in [0, 0.05) is 25.6 Å². The highest BCUT2D eigenvalue weighted by Gasteiger charge is 2.26. The fourth-order valence-corrected chi connectivity index (χ4v) is 3.73. The highest BCUT2D eigenvalue weighted by atomic mass is 19.1. The lowest BCUT2D eigenvalue weighted by Crippen LogP contribution is -2.41. The Morgan fingerprint density at radius 1 is 1.24 bits per heavy atom. The number of halogens is 1. The molecule has 0 spiro atoms. The van der Waals surface area contributed by atoms with Crippen LogP contribution in [0.15, 0.2) is 59.6 Å². The number of carbonyl (C=O) groups is 1. The largest absolute Gasteiger partial charge is 0.369 e. The Morgan fingerprint density at radius 2 is 1.97 bits per heavy atom. The predicted molar refractivity (Wildman–Crippen MR) is 114 cm³/mol. The lowest BCUT2D eigenvalue weighted by molar-refractivity contribution is -0.121. The average Bonchev–Trinajstić information content (AvgIpc) is 3.22. The molecule has 1 amide bonds. The maximum absolute atomic E-state index is 13.1. The molecule has 5 nitrogen and oxygen atoms in total. The van der Waals surface area contributed by atoms with Crippen LogP contribution < -0.4 is 11.1 Å². The van der Waals surface area contributed by atoms with E-state index in [9.17, 15) is 9.18 Å². The zero-order valence-corrected chi connectivity index (χ0v) is 16.9. The molecule has 0 aliphatic carbocycles. The molecule has 6 heteroatoms. The number of guanidine groups is 1. The predicted octanol–water partition coefficient (Wildman–Crippen LogP) is 2.92. The van der Waals surface area contributed by atoms with Crippen LogP contribution in [0.4, 0.5) is 4.39 Å². The van der Waals surface area contributed by atoms with Crippen LogP contribution >= 0.6 is 0 Å². The van der Waals surface area contributed by atoms with Crippen molar-refractivity contribution in [3.8, 4) is 0 Å². The summed E-state index contributed by atoms with van der Waals surface area (Å²) in [5.74, 6) is 0.181. The third-order valence-corrected chi connectivity index (χ3v) is 5.35. The molecule has 154 valence electrons. The molecule has 2 aromatic rings. The summed E-state index contributed by atoms with van der Waals surface area (Å²) >= 11 is 0. The molecule has 1 saturated heterocycles. The van der Waals surface area contributed by atoms with E-state index >= 15 is 0 Å². The van der Waals surface area contributed by atoms with E-state index in [1.54, 1.807) is 12.1 Å². The second kappa shape index (κ2) is 10.0. The first-order valence-electron chi connectivity index (χ1n) is 10.2. The van der Waals surface area contributed by atoms with E-state index in [0.717, 1.165) is 37.6 Å². The second-order valence-electron chi connectivity index (χ2n) is 7.47. The van der Waals surface area contributed by atoms with Crippen LogP contribution in [0.2, 0.25) is 0 Å². The van der Waals surface area contributed by atoms with E-state index in [1.807, 2.05) is 13.0 Å². The van der Waals surface area contributed by atoms with Gasteiger partial charge in [-0.1, -0.05) is 42.5 Å². The van der Waals surface area contributed by atoms with E-state index < -0.39 is 11.8 Å². The third-order valence-electron chi connectivity index (χ3n) is 5.35. The standard InChI is InChI=1S/C23H29FN4O/c1-2-26-23(28-13-12-19(16-28)18-6-4-3-5-7-18)27-15-20(22(25)29)14-17-8-10-21(24)11-9-17/h3-11,19-20H,2,12-16H2,1H3,(H2,25,29)(H,26,27). The van der Waals surface area contributed by atoms with Crippen molar-refractivity contribution >= 4 is 11.9 Å². The van der Waals surface area contributed by atoms with Crippen LogP contribution in [-0.4, -0.2) is 42.9 Å². The molecule has 29 heavy (non-hydrogen) atoms. The summed E-state index contributed by atoms with van der Waals surface area (Å²) in [4.78, 5) is 18.9. The lowest BCUT2D eigenvalue weighted by Gasteiger charge is -2.22. The van der Waals surface area contributed by atoms with Crippen LogP contribution in [0, 0.1) is 11.7 Å². The van der Waals surface area contributed by atoms with E-state index in [-0.39, 0.29) is 5.82 Å². The van der Waals surface area contributed by atoms with Gasteiger partial charge in [-0.3, -0.25) is 9.79 Å². The molecular weight excluding hydrogens is 367 g/mol. The minimum absolute atomic E-state index is 0.293. The van der Waals surface area contributed by atoms with Crippen molar-refractivity contribution in [2.45, 2.75) is 25.7 Å². The molecular formula is C23H29FN4O. The van der Waals surface area contributed by atoms with Gasteiger partial charge in [0.25, 0.3) is 0 Å². The molecule has 1 aliphatic heterocycles. The number of nitrogens with one attached hydrogen (secondary N) is 1. The number of aliphatic imine (C=N–C) groups is 1. The number of benzene rings is 2. The number of hydrogen-bond acceptors (Lipinski definition) is 2. The number of amides is 1. The zero-order chi connectivity index (χ0) is 20.6. The number of nitrogens with two attached hydrogens (primary N) is 1. The van der Waals surface area contributed by atoms with Crippen molar-refractivity contribution in [1.82, 2.24) is 10.2 Å². The molecule has 1 fully saturated rings. The summed E-state index contributed by atoms with van der Waals surface area (Å²) in [5.41, 5.74) is 7.83. The molecule has 0 radical (unpaired) electrons. The maximum Gasteiger partial charge on any atom is 0.222 e. The average molecular weight is 397 g/mol. The topological polar surface area (TPSA) is 70.7 Å².